The number of carbonyl (C=O) groups is 1. The zero-order valence-corrected chi connectivity index (χ0v) is 13.8. The van der Waals surface area contributed by atoms with Gasteiger partial charge in [-0.2, -0.15) is 0 Å². The highest BCUT2D eigenvalue weighted by molar-refractivity contribution is 6.31. The van der Waals surface area contributed by atoms with Crippen molar-refractivity contribution in [2.45, 2.75) is 44.9 Å². The molecule has 1 aromatic rings. The Labute approximate surface area is 136 Å². The number of urea groups is 1. The van der Waals surface area contributed by atoms with E-state index in [1.54, 1.807) is 19.2 Å². The van der Waals surface area contributed by atoms with Crippen LogP contribution in [0.2, 0.25) is 5.02 Å². The summed E-state index contributed by atoms with van der Waals surface area (Å²) in [5, 5.41) is 6.42. The van der Waals surface area contributed by atoms with Crippen LogP contribution in [0.3, 0.4) is 0 Å². The van der Waals surface area contributed by atoms with E-state index >= 15 is 0 Å². The molecule has 2 rings (SSSR count). The van der Waals surface area contributed by atoms with E-state index < -0.39 is 0 Å². The molecule has 1 heterocycles. The lowest BCUT2D eigenvalue weighted by Gasteiger charge is -2.23. The fraction of sp³-hybridized carbons (Fsp3) is 0.562. The van der Waals surface area contributed by atoms with E-state index in [9.17, 15) is 4.79 Å². The number of hydrogen-bond acceptors (Lipinski definition) is 3. The van der Waals surface area contributed by atoms with Crippen molar-refractivity contribution in [1.29, 1.82) is 0 Å². The second-order valence-electron chi connectivity index (χ2n) is 5.36. The second kappa shape index (κ2) is 8.36. The van der Waals surface area contributed by atoms with Crippen LogP contribution in [0.25, 0.3) is 0 Å². The lowest BCUT2D eigenvalue weighted by Crippen LogP contribution is -2.44. The Morgan fingerprint density at radius 2 is 2.36 bits per heavy atom. The lowest BCUT2D eigenvalue weighted by molar-refractivity contribution is 0.0804. The Hall–Kier alpha value is -1.30. The van der Waals surface area contributed by atoms with Crippen LogP contribution >= 0.6 is 11.6 Å². The van der Waals surface area contributed by atoms with Crippen molar-refractivity contribution in [1.82, 2.24) is 5.32 Å². The number of nitrogens with one attached hydrogen (secondary N) is 2. The Bertz CT molecular complexity index is 504. The van der Waals surface area contributed by atoms with Gasteiger partial charge in [-0.05, 0) is 31.4 Å². The summed E-state index contributed by atoms with van der Waals surface area (Å²) in [5.41, 5.74) is 1.43. The van der Waals surface area contributed by atoms with E-state index in [-0.39, 0.29) is 18.2 Å². The minimum absolute atomic E-state index is 0.0209. The summed E-state index contributed by atoms with van der Waals surface area (Å²) in [7, 11) is 1.59. The molecule has 0 aliphatic carbocycles. The highest BCUT2D eigenvalue weighted by atomic mass is 35.5. The number of anilines is 1. The van der Waals surface area contributed by atoms with Gasteiger partial charge < -0.3 is 20.1 Å². The van der Waals surface area contributed by atoms with Gasteiger partial charge in [0.2, 0.25) is 0 Å². The minimum Gasteiger partial charge on any atom is -0.380 e. The number of carbonyl (C=O) groups excluding carboxylic acids is 1. The molecule has 1 saturated heterocycles. The summed E-state index contributed by atoms with van der Waals surface area (Å²) < 4.78 is 10.8. The molecule has 0 bridgehead atoms. The number of halogens is 1. The summed E-state index contributed by atoms with van der Waals surface area (Å²) in [6, 6.07) is 5.16. The summed E-state index contributed by atoms with van der Waals surface area (Å²) >= 11 is 6.16. The Balaban J connectivity index is 2.00. The molecule has 1 aliphatic heterocycles. The third kappa shape index (κ3) is 4.35. The number of methoxy groups -OCH3 is 1. The maximum atomic E-state index is 12.2. The van der Waals surface area contributed by atoms with Crippen LogP contribution < -0.4 is 10.6 Å². The monoisotopic (exact) mass is 326 g/mol. The first-order valence-corrected chi connectivity index (χ1v) is 7.99. The summed E-state index contributed by atoms with van der Waals surface area (Å²) in [6.07, 6.45) is 2.98. The van der Waals surface area contributed by atoms with Crippen LogP contribution in [-0.2, 0) is 16.1 Å². The number of hydrogen-bond donors (Lipinski definition) is 2. The molecule has 1 aliphatic rings. The molecule has 2 N–H and O–H groups in total. The topological polar surface area (TPSA) is 59.6 Å². The van der Waals surface area contributed by atoms with Gasteiger partial charge in [-0.25, -0.2) is 4.79 Å². The van der Waals surface area contributed by atoms with Gasteiger partial charge in [-0.3, -0.25) is 0 Å². The van der Waals surface area contributed by atoms with Crippen molar-refractivity contribution in [3.8, 4) is 0 Å². The van der Waals surface area contributed by atoms with Gasteiger partial charge >= 0.3 is 6.03 Å². The molecule has 1 aromatic carbocycles. The van der Waals surface area contributed by atoms with Gasteiger partial charge in [0, 0.05) is 30.0 Å². The van der Waals surface area contributed by atoms with Gasteiger partial charge in [0.05, 0.1) is 18.8 Å². The van der Waals surface area contributed by atoms with E-state index in [1.165, 1.54) is 0 Å². The van der Waals surface area contributed by atoms with Crippen molar-refractivity contribution in [2.24, 2.45) is 0 Å². The Kier molecular flexibility index (Phi) is 6.49. The third-order valence-corrected chi connectivity index (χ3v) is 4.18. The van der Waals surface area contributed by atoms with Crippen LogP contribution in [0, 0.1) is 0 Å². The van der Waals surface area contributed by atoms with Gasteiger partial charge in [-0.15, -0.1) is 0 Å². The zero-order chi connectivity index (χ0) is 15.9. The average molecular weight is 327 g/mol. The van der Waals surface area contributed by atoms with Crippen LogP contribution in [0.5, 0.6) is 0 Å². The zero-order valence-electron chi connectivity index (χ0n) is 13.0. The smallest absolute Gasteiger partial charge is 0.319 e. The molecule has 0 aromatic heterocycles. The second-order valence-corrected chi connectivity index (χ2v) is 5.77. The van der Waals surface area contributed by atoms with Crippen LogP contribution in [0.15, 0.2) is 18.2 Å². The first kappa shape index (κ1) is 17.1. The van der Waals surface area contributed by atoms with Crippen LogP contribution in [-0.4, -0.2) is 31.9 Å². The molecule has 1 fully saturated rings. The summed E-state index contributed by atoms with van der Waals surface area (Å²) in [4.78, 5) is 12.2. The third-order valence-electron chi connectivity index (χ3n) is 3.83. The molecule has 122 valence electrons. The lowest BCUT2D eigenvalue weighted by atomic mass is 10.1. The van der Waals surface area contributed by atoms with Gasteiger partial charge in [0.25, 0.3) is 0 Å². The molecular formula is C16H23ClN2O3. The van der Waals surface area contributed by atoms with E-state index in [2.05, 4.69) is 10.6 Å². The number of ether oxygens (including phenoxy) is 2. The summed E-state index contributed by atoms with van der Waals surface area (Å²) in [5.74, 6) is 0. The number of rotatable bonds is 6. The van der Waals surface area contributed by atoms with Crippen LogP contribution in [0.4, 0.5) is 10.5 Å². The Morgan fingerprint density at radius 1 is 1.55 bits per heavy atom. The van der Waals surface area contributed by atoms with Crippen LogP contribution in [0.1, 0.15) is 31.7 Å². The van der Waals surface area contributed by atoms with Gasteiger partial charge in [-0.1, -0.05) is 24.6 Å². The molecule has 6 heteroatoms. The molecule has 0 radical (unpaired) electrons. The van der Waals surface area contributed by atoms with Crippen molar-refractivity contribution < 1.29 is 14.3 Å². The predicted octanol–water partition coefficient (Wildman–Crippen LogP) is 3.57. The highest BCUT2D eigenvalue weighted by Gasteiger charge is 2.26. The van der Waals surface area contributed by atoms with Crippen molar-refractivity contribution in [3.63, 3.8) is 0 Å². The average Bonchev–Trinajstić information content (AvgIpc) is 3.02. The molecule has 2 atom stereocenters. The first-order chi connectivity index (χ1) is 10.7. The molecule has 5 nitrogen and oxygen atoms in total. The fourth-order valence-electron chi connectivity index (χ4n) is 2.67. The highest BCUT2D eigenvalue weighted by Crippen LogP contribution is 2.25. The Morgan fingerprint density at radius 3 is 3.00 bits per heavy atom. The van der Waals surface area contributed by atoms with E-state index in [0.29, 0.717) is 17.3 Å². The largest absolute Gasteiger partial charge is 0.380 e. The molecule has 2 amide bonds. The molecule has 0 unspecified atom stereocenters. The van der Waals surface area contributed by atoms with Gasteiger partial charge in [0.15, 0.2) is 0 Å². The van der Waals surface area contributed by atoms with E-state index in [1.807, 2.05) is 13.0 Å². The number of amides is 2. The molecule has 0 spiro atoms. The van der Waals surface area contributed by atoms with Gasteiger partial charge in [0.1, 0.15) is 0 Å². The van der Waals surface area contributed by atoms with E-state index in [0.717, 1.165) is 31.4 Å². The minimum atomic E-state index is -0.248. The number of benzene rings is 1. The standard InChI is InChI=1S/C16H23ClN2O3/c1-3-13(15-8-5-9-22-15)18-16(20)19-14-7-4-6-12(17)11(14)10-21-2/h4,6-7,13,15H,3,5,8-10H2,1-2H3,(H2,18,19,20)/t13-,15+/m0/s1. The summed E-state index contributed by atoms with van der Waals surface area (Å²) in [6.45, 7) is 3.16. The SMILES string of the molecule is CC[C@H](NC(=O)Nc1cccc(Cl)c1COC)[C@H]1CCCO1. The first-order valence-electron chi connectivity index (χ1n) is 7.61. The van der Waals surface area contributed by atoms with Crippen molar-refractivity contribution in [2.75, 3.05) is 19.0 Å². The normalized spacial score (nSPS) is 19.0. The predicted molar refractivity (Wildman–Crippen MR) is 87.4 cm³/mol. The maximum absolute atomic E-state index is 12.2. The molecular weight excluding hydrogens is 304 g/mol. The van der Waals surface area contributed by atoms with Crippen molar-refractivity contribution >= 4 is 23.3 Å². The maximum Gasteiger partial charge on any atom is 0.319 e. The molecule has 0 saturated carbocycles. The quantitative estimate of drug-likeness (QED) is 0.840. The fourth-order valence-corrected chi connectivity index (χ4v) is 2.90. The van der Waals surface area contributed by atoms with Crippen molar-refractivity contribution in [3.05, 3.63) is 28.8 Å². The molecule has 22 heavy (non-hydrogen) atoms. The van der Waals surface area contributed by atoms with E-state index in [4.69, 9.17) is 21.1 Å².